The fourth-order valence-corrected chi connectivity index (χ4v) is 3.58. The van der Waals surface area contributed by atoms with E-state index in [-0.39, 0.29) is 11.9 Å². The molecule has 1 atom stereocenters. The molecular weight excluding hydrogens is 290 g/mol. The SMILES string of the molecule is Cc1cnn(CCC(=O)N2CCC[C@H]2c2c(C)nn(C)c2C)c1. The number of aromatic nitrogens is 4. The molecule has 0 unspecified atom stereocenters. The van der Waals surface area contributed by atoms with Gasteiger partial charge in [-0.25, -0.2) is 0 Å². The first-order valence-corrected chi connectivity index (χ1v) is 8.26. The molecule has 1 fully saturated rings. The first-order valence-electron chi connectivity index (χ1n) is 8.26. The highest BCUT2D eigenvalue weighted by Gasteiger charge is 2.33. The summed E-state index contributed by atoms with van der Waals surface area (Å²) < 4.78 is 3.76. The lowest BCUT2D eigenvalue weighted by Gasteiger charge is -2.25. The van der Waals surface area contributed by atoms with E-state index in [4.69, 9.17) is 0 Å². The summed E-state index contributed by atoms with van der Waals surface area (Å²) >= 11 is 0. The molecule has 0 N–H and O–H groups in total. The van der Waals surface area contributed by atoms with Crippen molar-refractivity contribution >= 4 is 5.91 Å². The number of nitrogens with zero attached hydrogens (tertiary/aromatic N) is 5. The van der Waals surface area contributed by atoms with Crippen LogP contribution in [0.25, 0.3) is 0 Å². The third kappa shape index (κ3) is 3.02. The Morgan fingerprint density at radius 1 is 1.35 bits per heavy atom. The van der Waals surface area contributed by atoms with Crippen LogP contribution in [0.5, 0.6) is 0 Å². The van der Waals surface area contributed by atoms with Gasteiger partial charge in [0.15, 0.2) is 0 Å². The largest absolute Gasteiger partial charge is 0.335 e. The first kappa shape index (κ1) is 15.8. The van der Waals surface area contributed by atoms with Gasteiger partial charge < -0.3 is 4.90 Å². The lowest BCUT2D eigenvalue weighted by atomic mass is 10.0. The molecule has 0 spiro atoms. The fourth-order valence-electron chi connectivity index (χ4n) is 3.58. The van der Waals surface area contributed by atoms with Gasteiger partial charge in [-0.05, 0) is 39.2 Å². The molecule has 0 saturated carbocycles. The Balaban J connectivity index is 1.72. The predicted octanol–water partition coefficient (Wildman–Crippen LogP) is 2.30. The summed E-state index contributed by atoms with van der Waals surface area (Å²) in [4.78, 5) is 14.7. The van der Waals surface area contributed by atoms with Crippen LogP contribution in [-0.2, 0) is 18.4 Å². The van der Waals surface area contributed by atoms with Crippen LogP contribution in [-0.4, -0.2) is 36.9 Å². The van der Waals surface area contributed by atoms with Crippen molar-refractivity contribution in [2.45, 2.75) is 52.6 Å². The zero-order valence-electron chi connectivity index (χ0n) is 14.4. The van der Waals surface area contributed by atoms with E-state index in [0.717, 1.165) is 36.3 Å². The van der Waals surface area contributed by atoms with Gasteiger partial charge in [-0.1, -0.05) is 0 Å². The molecule has 1 amide bonds. The van der Waals surface area contributed by atoms with Crippen molar-refractivity contribution in [1.29, 1.82) is 0 Å². The predicted molar refractivity (Wildman–Crippen MR) is 88.0 cm³/mol. The normalized spacial score (nSPS) is 17.9. The summed E-state index contributed by atoms with van der Waals surface area (Å²) in [6.07, 6.45) is 6.39. The number of carbonyl (C=O) groups excluding carboxylic acids is 1. The van der Waals surface area contributed by atoms with Gasteiger partial charge >= 0.3 is 0 Å². The van der Waals surface area contributed by atoms with Gasteiger partial charge in [-0.3, -0.25) is 14.2 Å². The summed E-state index contributed by atoms with van der Waals surface area (Å²) in [7, 11) is 1.97. The quantitative estimate of drug-likeness (QED) is 0.870. The monoisotopic (exact) mass is 315 g/mol. The molecule has 124 valence electrons. The maximum Gasteiger partial charge on any atom is 0.224 e. The van der Waals surface area contributed by atoms with Crippen LogP contribution >= 0.6 is 0 Å². The van der Waals surface area contributed by atoms with E-state index in [1.54, 1.807) is 0 Å². The molecule has 6 nitrogen and oxygen atoms in total. The zero-order chi connectivity index (χ0) is 16.6. The lowest BCUT2D eigenvalue weighted by Crippen LogP contribution is -2.31. The third-order valence-corrected chi connectivity index (χ3v) is 4.79. The number of rotatable bonds is 4. The van der Waals surface area contributed by atoms with Crippen LogP contribution in [0.3, 0.4) is 0 Å². The maximum atomic E-state index is 12.7. The third-order valence-electron chi connectivity index (χ3n) is 4.79. The van der Waals surface area contributed by atoms with E-state index >= 15 is 0 Å². The van der Waals surface area contributed by atoms with Crippen molar-refractivity contribution in [2.75, 3.05) is 6.54 Å². The first-order chi connectivity index (χ1) is 11.0. The molecule has 2 aromatic rings. The molecule has 2 aromatic heterocycles. The number of aryl methyl sites for hydroxylation is 4. The smallest absolute Gasteiger partial charge is 0.224 e. The second-order valence-corrected chi connectivity index (χ2v) is 6.48. The number of likely N-dealkylation sites (tertiary alicyclic amines) is 1. The van der Waals surface area contributed by atoms with Crippen LogP contribution in [0.2, 0.25) is 0 Å². The Hall–Kier alpha value is -2.11. The van der Waals surface area contributed by atoms with Crippen molar-refractivity contribution in [1.82, 2.24) is 24.5 Å². The van der Waals surface area contributed by atoms with E-state index in [9.17, 15) is 4.79 Å². The van der Waals surface area contributed by atoms with Crippen molar-refractivity contribution in [3.05, 3.63) is 34.9 Å². The number of amides is 1. The second-order valence-electron chi connectivity index (χ2n) is 6.48. The lowest BCUT2D eigenvalue weighted by molar-refractivity contribution is -0.132. The fraction of sp³-hybridized carbons (Fsp3) is 0.588. The van der Waals surface area contributed by atoms with Gasteiger partial charge in [0.05, 0.1) is 17.9 Å². The molecule has 1 saturated heterocycles. The minimum Gasteiger partial charge on any atom is -0.335 e. The maximum absolute atomic E-state index is 12.7. The molecule has 3 rings (SSSR count). The Kier molecular flexibility index (Phi) is 4.24. The van der Waals surface area contributed by atoms with Gasteiger partial charge in [0.25, 0.3) is 0 Å². The molecular formula is C17H25N5O. The average Bonchev–Trinajstić information content (AvgIpc) is 3.18. The molecule has 1 aliphatic heterocycles. The highest BCUT2D eigenvalue weighted by molar-refractivity contribution is 5.77. The van der Waals surface area contributed by atoms with Crippen LogP contribution < -0.4 is 0 Å². The summed E-state index contributed by atoms with van der Waals surface area (Å²) in [6.45, 7) is 7.62. The van der Waals surface area contributed by atoms with Crippen molar-refractivity contribution < 1.29 is 4.79 Å². The summed E-state index contributed by atoms with van der Waals surface area (Å²) in [5.41, 5.74) is 4.55. The minimum absolute atomic E-state index is 0.176. The Bertz CT molecular complexity index is 715. The van der Waals surface area contributed by atoms with Crippen molar-refractivity contribution in [3.63, 3.8) is 0 Å². The van der Waals surface area contributed by atoms with E-state index in [1.165, 1.54) is 5.56 Å². The highest BCUT2D eigenvalue weighted by atomic mass is 16.2. The van der Waals surface area contributed by atoms with Crippen LogP contribution in [0.4, 0.5) is 0 Å². The summed E-state index contributed by atoms with van der Waals surface area (Å²) in [5, 5.41) is 8.77. The molecule has 6 heteroatoms. The van der Waals surface area contributed by atoms with Gasteiger partial charge in [0, 0.05) is 44.0 Å². The van der Waals surface area contributed by atoms with Gasteiger partial charge in [0.1, 0.15) is 0 Å². The highest BCUT2D eigenvalue weighted by Crippen LogP contribution is 2.35. The van der Waals surface area contributed by atoms with E-state index in [0.29, 0.717) is 13.0 Å². The molecule has 0 aliphatic carbocycles. The molecule has 0 bridgehead atoms. The number of carbonyl (C=O) groups is 1. The van der Waals surface area contributed by atoms with Crippen LogP contribution in [0.15, 0.2) is 12.4 Å². The Morgan fingerprint density at radius 3 is 2.74 bits per heavy atom. The molecule has 0 aromatic carbocycles. The molecule has 0 radical (unpaired) electrons. The topological polar surface area (TPSA) is 56.0 Å². The van der Waals surface area contributed by atoms with Gasteiger partial charge in [-0.2, -0.15) is 10.2 Å². The molecule has 23 heavy (non-hydrogen) atoms. The summed E-state index contributed by atoms with van der Waals surface area (Å²) in [5.74, 6) is 0.211. The zero-order valence-corrected chi connectivity index (χ0v) is 14.4. The second kappa shape index (κ2) is 6.18. The van der Waals surface area contributed by atoms with Gasteiger partial charge in [-0.15, -0.1) is 0 Å². The van der Waals surface area contributed by atoms with Gasteiger partial charge in [0.2, 0.25) is 5.91 Å². The van der Waals surface area contributed by atoms with Crippen molar-refractivity contribution in [2.24, 2.45) is 7.05 Å². The van der Waals surface area contributed by atoms with E-state index < -0.39 is 0 Å². The number of hydrogen-bond acceptors (Lipinski definition) is 3. The molecule has 3 heterocycles. The minimum atomic E-state index is 0.176. The standard InChI is InChI=1S/C17H25N5O/c1-12-10-18-21(11-12)9-7-16(23)22-8-5-6-15(22)17-13(2)19-20(4)14(17)3/h10-11,15H,5-9H2,1-4H3/t15-/m0/s1. The molecule has 1 aliphatic rings. The average molecular weight is 315 g/mol. The van der Waals surface area contributed by atoms with Crippen LogP contribution in [0.1, 0.15) is 47.8 Å². The Morgan fingerprint density at radius 2 is 2.13 bits per heavy atom. The van der Waals surface area contributed by atoms with E-state index in [2.05, 4.69) is 17.1 Å². The van der Waals surface area contributed by atoms with Crippen LogP contribution in [0, 0.1) is 20.8 Å². The number of hydrogen-bond donors (Lipinski definition) is 0. The Labute approximate surface area is 137 Å². The van der Waals surface area contributed by atoms with E-state index in [1.807, 2.05) is 47.6 Å². The summed E-state index contributed by atoms with van der Waals surface area (Å²) in [6, 6.07) is 0.176. The van der Waals surface area contributed by atoms with Crippen molar-refractivity contribution in [3.8, 4) is 0 Å².